The second kappa shape index (κ2) is 17.6. The van der Waals surface area contributed by atoms with Gasteiger partial charge in [-0.25, -0.2) is 0 Å². The standard InChI is InChI=1S/C39H50N4O4/c44-36(43-24-13-14-25-43)27-35-39(47)41-34(38(46)40-28-32-21-15-20-30-18-11-12-22-33(30)32)23-10-5-3-1-2-4-9-19-31(37(45)42-35)26-29-16-7-6-8-17-29/h6-8,11-12,15-18,20-22,31,34-35H,1-5,9-10,13-14,19,23-28H2,(H,40,46)(H,41,47)(H,42,45)/t31-,34+,35+/m1/s1. The molecular formula is C39H50N4O4. The molecule has 250 valence electrons. The number of likely N-dealkylation sites (tertiary alicyclic amines) is 1. The number of carbonyl (C=O) groups excluding carboxylic acids is 4. The molecule has 4 amide bonds. The third-order valence-electron chi connectivity index (χ3n) is 9.68. The van der Waals surface area contributed by atoms with E-state index in [1.54, 1.807) is 4.90 Å². The van der Waals surface area contributed by atoms with Crippen molar-refractivity contribution in [2.75, 3.05) is 13.1 Å². The average molecular weight is 639 g/mol. The lowest BCUT2D eigenvalue weighted by atomic mass is 9.92. The zero-order valence-electron chi connectivity index (χ0n) is 27.6. The first-order chi connectivity index (χ1) is 23.0. The van der Waals surface area contributed by atoms with Gasteiger partial charge in [0.1, 0.15) is 12.1 Å². The van der Waals surface area contributed by atoms with Gasteiger partial charge in [0.05, 0.1) is 6.42 Å². The van der Waals surface area contributed by atoms with E-state index in [1.165, 1.54) is 0 Å². The molecular weight excluding hydrogens is 588 g/mol. The third kappa shape index (κ3) is 10.1. The van der Waals surface area contributed by atoms with Gasteiger partial charge in [-0.15, -0.1) is 0 Å². The number of hydrogen-bond donors (Lipinski definition) is 3. The molecule has 2 fully saturated rings. The second-order valence-corrected chi connectivity index (χ2v) is 13.2. The van der Waals surface area contributed by atoms with Crippen molar-refractivity contribution in [1.29, 1.82) is 0 Å². The van der Waals surface area contributed by atoms with E-state index < -0.39 is 18.0 Å². The van der Waals surface area contributed by atoms with Gasteiger partial charge in [-0.3, -0.25) is 19.2 Å². The van der Waals surface area contributed by atoms with Gasteiger partial charge in [0, 0.05) is 25.6 Å². The molecule has 0 unspecified atom stereocenters. The Morgan fingerprint density at radius 2 is 1.36 bits per heavy atom. The lowest BCUT2D eigenvalue weighted by Gasteiger charge is -2.26. The van der Waals surface area contributed by atoms with Gasteiger partial charge in [-0.1, -0.05) is 118 Å². The fourth-order valence-corrected chi connectivity index (χ4v) is 6.91. The zero-order chi connectivity index (χ0) is 32.8. The number of nitrogens with zero attached hydrogens (tertiary/aromatic N) is 1. The van der Waals surface area contributed by atoms with Crippen molar-refractivity contribution in [3.05, 3.63) is 83.9 Å². The van der Waals surface area contributed by atoms with Crippen molar-refractivity contribution in [1.82, 2.24) is 20.9 Å². The van der Waals surface area contributed by atoms with E-state index in [2.05, 4.69) is 16.0 Å². The Morgan fingerprint density at radius 1 is 0.702 bits per heavy atom. The number of rotatable bonds is 7. The molecule has 8 nitrogen and oxygen atoms in total. The van der Waals surface area contributed by atoms with Gasteiger partial charge in [0.2, 0.25) is 23.6 Å². The van der Waals surface area contributed by atoms with Gasteiger partial charge in [-0.05, 0) is 54.0 Å². The van der Waals surface area contributed by atoms with Crippen LogP contribution in [-0.2, 0) is 32.1 Å². The summed E-state index contributed by atoms with van der Waals surface area (Å²) < 4.78 is 0. The predicted octanol–water partition coefficient (Wildman–Crippen LogP) is 5.82. The molecule has 3 aromatic carbocycles. The van der Waals surface area contributed by atoms with Crippen LogP contribution in [0.5, 0.6) is 0 Å². The number of amides is 4. The summed E-state index contributed by atoms with van der Waals surface area (Å²) in [5.41, 5.74) is 2.07. The molecule has 47 heavy (non-hydrogen) atoms. The minimum Gasteiger partial charge on any atom is -0.350 e. The van der Waals surface area contributed by atoms with E-state index in [-0.39, 0.29) is 30.1 Å². The van der Waals surface area contributed by atoms with Crippen molar-refractivity contribution in [3.8, 4) is 0 Å². The summed E-state index contributed by atoms with van der Waals surface area (Å²) in [4.78, 5) is 56.5. The van der Waals surface area contributed by atoms with Gasteiger partial charge in [0.25, 0.3) is 0 Å². The van der Waals surface area contributed by atoms with Crippen LogP contribution in [0.15, 0.2) is 72.8 Å². The number of fused-ring (bicyclic) bond motifs is 1. The molecule has 2 aliphatic heterocycles. The number of benzene rings is 3. The highest BCUT2D eigenvalue weighted by molar-refractivity contribution is 5.95. The van der Waals surface area contributed by atoms with E-state index in [4.69, 9.17) is 0 Å². The average Bonchev–Trinajstić information content (AvgIpc) is 3.64. The van der Waals surface area contributed by atoms with E-state index >= 15 is 0 Å². The number of hydrogen-bond acceptors (Lipinski definition) is 4. The maximum absolute atomic E-state index is 14.0. The number of carbonyl (C=O) groups is 4. The quantitative estimate of drug-likeness (QED) is 0.303. The Bertz CT molecular complexity index is 1480. The van der Waals surface area contributed by atoms with Gasteiger partial charge in [-0.2, -0.15) is 0 Å². The Kier molecular flexibility index (Phi) is 12.8. The van der Waals surface area contributed by atoms with Crippen molar-refractivity contribution < 1.29 is 19.2 Å². The summed E-state index contributed by atoms with van der Waals surface area (Å²) in [6, 6.07) is 22.2. The monoisotopic (exact) mass is 638 g/mol. The summed E-state index contributed by atoms with van der Waals surface area (Å²) in [6.07, 6.45) is 10.6. The molecule has 0 aromatic heterocycles. The summed E-state index contributed by atoms with van der Waals surface area (Å²) in [7, 11) is 0. The summed E-state index contributed by atoms with van der Waals surface area (Å²) >= 11 is 0. The molecule has 5 rings (SSSR count). The topological polar surface area (TPSA) is 108 Å². The Hall–Kier alpha value is -4.20. The SMILES string of the molecule is O=C1N[C@@H](CC(=O)N2CCCC2)C(=O)N[C@H](C(=O)NCc2cccc3ccccc23)CCCCCCCCC[C@@H]1Cc1ccccc1. The van der Waals surface area contributed by atoms with E-state index in [9.17, 15) is 19.2 Å². The van der Waals surface area contributed by atoms with Crippen LogP contribution in [0.4, 0.5) is 0 Å². The minimum absolute atomic E-state index is 0.125. The number of nitrogens with one attached hydrogen (secondary N) is 3. The van der Waals surface area contributed by atoms with Crippen LogP contribution in [0.3, 0.4) is 0 Å². The van der Waals surface area contributed by atoms with Gasteiger partial charge >= 0.3 is 0 Å². The maximum Gasteiger partial charge on any atom is 0.243 e. The summed E-state index contributed by atoms with van der Waals surface area (Å²) in [5.74, 6) is -1.42. The van der Waals surface area contributed by atoms with Crippen molar-refractivity contribution in [2.45, 2.75) is 102 Å². The third-order valence-corrected chi connectivity index (χ3v) is 9.68. The zero-order valence-corrected chi connectivity index (χ0v) is 27.6. The Balaban J connectivity index is 1.34. The minimum atomic E-state index is -1.06. The maximum atomic E-state index is 14.0. The van der Waals surface area contributed by atoms with E-state index in [1.807, 2.05) is 72.8 Å². The van der Waals surface area contributed by atoms with E-state index in [0.717, 1.165) is 79.7 Å². The molecule has 0 saturated carbocycles. The lowest BCUT2D eigenvalue weighted by Crippen LogP contribution is -2.55. The van der Waals surface area contributed by atoms with E-state index in [0.29, 0.717) is 38.9 Å². The van der Waals surface area contributed by atoms with Gasteiger partial charge < -0.3 is 20.9 Å². The predicted molar refractivity (Wildman–Crippen MR) is 185 cm³/mol. The highest BCUT2D eigenvalue weighted by Gasteiger charge is 2.32. The van der Waals surface area contributed by atoms with Crippen LogP contribution in [0.25, 0.3) is 10.8 Å². The first-order valence-corrected chi connectivity index (χ1v) is 17.6. The van der Waals surface area contributed by atoms with Crippen molar-refractivity contribution in [2.24, 2.45) is 5.92 Å². The normalized spacial score (nSPS) is 22.0. The van der Waals surface area contributed by atoms with Crippen LogP contribution in [-0.4, -0.2) is 53.7 Å². The molecule has 8 heteroatoms. The molecule has 2 saturated heterocycles. The highest BCUT2D eigenvalue weighted by atomic mass is 16.2. The summed E-state index contributed by atoms with van der Waals surface area (Å²) in [6.45, 7) is 1.66. The molecule has 0 spiro atoms. The van der Waals surface area contributed by atoms with Crippen molar-refractivity contribution >= 4 is 34.4 Å². The highest BCUT2D eigenvalue weighted by Crippen LogP contribution is 2.21. The van der Waals surface area contributed by atoms with Crippen LogP contribution >= 0.6 is 0 Å². The molecule has 0 bridgehead atoms. The first-order valence-electron chi connectivity index (χ1n) is 17.6. The van der Waals surface area contributed by atoms with Crippen molar-refractivity contribution in [3.63, 3.8) is 0 Å². The van der Waals surface area contributed by atoms with Crippen LogP contribution in [0.2, 0.25) is 0 Å². The second-order valence-electron chi connectivity index (χ2n) is 13.2. The Morgan fingerprint density at radius 3 is 2.13 bits per heavy atom. The molecule has 3 N–H and O–H groups in total. The first kappa shape index (κ1) is 34.1. The van der Waals surface area contributed by atoms with Crippen LogP contribution in [0.1, 0.15) is 88.2 Å². The van der Waals surface area contributed by atoms with Gasteiger partial charge in [0.15, 0.2) is 0 Å². The Labute approximate surface area is 279 Å². The smallest absolute Gasteiger partial charge is 0.243 e. The fourth-order valence-electron chi connectivity index (χ4n) is 6.91. The summed E-state index contributed by atoms with van der Waals surface area (Å²) in [5, 5.41) is 11.2. The molecule has 0 radical (unpaired) electrons. The van der Waals surface area contributed by atoms with Crippen LogP contribution < -0.4 is 16.0 Å². The molecule has 3 aromatic rings. The molecule has 2 heterocycles. The molecule has 2 aliphatic rings. The van der Waals surface area contributed by atoms with Crippen LogP contribution in [0, 0.1) is 5.92 Å². The fraction of sp³-hybridized carbons (Fsp3) is 0.487. The molecule has 0 aliphatic carbocycles. The molecule has 3 atom stereocenters. The largest absolute Gasteiger partial charge is 0.350 e. The lowest BCUT2D eigenvalue weighted by molar-refractivity contribution is -0.137.